The number of nitrogens with zero attached hydrogens (tertiary/aromatic N) is 2. The van der Waals surface area contributed by atoms with E-state index in [0.717, 1.165) is 22.8 Å². The normalized spacial score (nSPS) is 10.2. The minimum absolute atomic E-state index is 0.617. The first-order valence-corrected chi connectivity index (χ1v) is 6.74. The first kappa shape index (κ1) is 13.5. The SMILES string of the molecule is COCCc1ccccc1Nc1snc(C)c1C#N. The standard InChI is InChI=1S/C14H15N3OS/c1-10-12(9-15)14(19-17-10)16-13-6-4-3-5-11(13)7-8-18-2/h3-6,16H,7-8H2,1-2H3. The van der Waals surface area contributed by atoms with Gasteiger partial charge in [0.2, 0.25) is 0 Å². The van der Waals surface area contributed by atoms with Gasteiger partial charge in [0, 0.05) is 12.8 Å². The number of ether oxygens (including phenoxy) is 1. The van der Waals surface area contributed by atoms with Crippen molar-refractivity contribution >= 4 is 22.2 Å². The van der Waals surface area contributed by atoms with E-state index < -0.39 is 0 Å². The minimum Gasteiger partial charge on any atom is -0.384 e. The quantitative estimate of drug-likeness (QED) is 0.908. The fourth-order valence-corrected chi connectivity index (χ4v) is 2.54. The lowest BCUT2D eigenvalue weighted by Crippen LogP contribution is -2.00. The zero-order valence-corrected chi connectivity index (χ0v) is 11.8. The van der Waals surface area contributed by atoms with Gasteiger partial charge in [-0.25, -0.2) is 0 Å². The highest BCUT2D eigenvalue weighted by Crippen LogP contribution is 2.29. The highest BCUT2D eigenvalue weighted by molar-refractivity contribution is 7.10. The molecular formula is C14H15N3OS. The van der Waals surface area contributed by atoms with Crippen molar-refractivity contribution in [3.63, 3.8) is 0 Å². The molecule has 19 heavy (non-hydrogen) atoms. The Morgan fingerprint density at radius 2 is 2.21 bits per heavy atom. The van der Waals surface area contributed by atoms with Crippen LogP contribution in [0.5, 0.6) is 0 Å². The monoisotopic (exact) mass is 273 g/mol. The summed E-state index contributed by atoms with van der Waals surface area (Å²) in [6.07, 6.45) is 0.833. The molecule has 0 saturated heterocycles. The van der Waals surface area contributed by atoms with Crippen molar-refractivity contribution in [1.82, 2.24) is 4.37 Å². The van der Waals surface area contributed by atoms with E-state index in [2.05, 4.69) is 21.8 Å². The first-order valence-electron chi connectivity index (χ1n) is 5.96. The van der Waals surface area contributed by atoms with Crippen LogP contribution in [0.25, 0.3) is 0 Å². The van der Waals surface area contributed by atoms with Gasteiger partial charge in [-0.1, -0.05) is 18.2 Å². The van der Waals surface area contributed by atoms with Gasteiger partial charge in [-0.3, -0.25) is 0 Å². The number of nitriles is 1. The molecule has 0 saturated carbocycles. The molecule has 1 N–H and O–H groups in total. The summed E-state index contributed by atoms with van der Waals surface area (Å²) in [5, 5.41) is 13.2. The summed E-state index contributed by atoms with van der Waals surface area (Å²) >= 11 is 1.31. The lowest BCUT2D eigenvalue weighted by atomic mass is 10.1. The van der Waals surface area contributed by atoms with E-state index in [1.54, 1.807) is 7.11 Å². The Morgan fingerprint density at radius 1 is 1.42 bits per heavy atom. The fraction of sp³-hybridized carbons (Fsp3) is 0.286. The molecule has 1 heterocycles. The van der Waals surface area contributed by atoms with Gasteiger partial charge in [0.05, 0.1) is 12.3 Å². The minimum atomic E-state index is 0.617. The van der Waals surface area contributed by atoms with Gasteiger partial charge < -0.3 is 10.1 Å². The zero-order valence-electron chi connectivity index (χ0n) is 10.9. The summed E-state index contributed by atoms with van der Waals surface area (Å²) < 4.78 is 9.32. The molecule has 1 aromatic carbocycles. The van der Waals surface area contributed by atoms with Crippen molar-refractivity contribution in [3.8, 4) is 6.07 Å². The number of methoxy groups -OCH3 is 1. The van der Waals surface area contributed by atoms with Crippen LogP contribution >= 0.6 is 11.5 Å². The molecule has 0 aliphatic heterocycles. The highest BCUT2D eigenvalue weighted by atomic mass is 32.1. The number of aromatic nitrogens is 1. The maximum Gasteiger partial charge on any atom is 0.132 e. The number of anilines is 2. The summed E-state index contributed by atoms with van der Waals surface area (Å²) in [6, 6.07) is 10.2. The number of hydrogen-bond donors (Lipinski definition) is 1. The van der Waals surface area contributed by atoms with Crippen LogP contribution in [-0.2, 0) is 11.2 Å². The summed E-state index contributed by atoms with van der Waals surface area (Å²) in [4.78, 5) is 0. The average molecular weight is 273 g/mol. The van der Waals surface area contributed by atoms with E-state index in [9.17, 15) is 0 Å². The Bertz CT molecular complexity index is 601. The van der Waals surface area contributed by atoms with Crippen molar-refractivity contribution in [2.75, 3.05) is 19.0 Å². The molecule has 0 fully saturated rings. The van der Waals surface area contributed by atoms with Gasteiger partial charge in [0.15, 0.2) is 0 Å². The molecule has 0 spiro atoms. The molecular weight excluding hydrogens is 258 g/mol. The topological polar surface area (TPSA) is 57.9 Å². The summed E-state index contributed by atoms with van der Waals surface area (Å²) in [6.45, 7) is 2.52. The highest BCUT2D eigenvalue weighted by Gasteiger charge is 2.11. The summed E-state index contributed by atoms with van der Waals surface area (Å²) in [7, 11) is 1.69. The van der Waals surface area contributed by atoms with Crippen molar-refractivity contribution < 1.29 is 4.74 Å². The number of para-hydroxylation sites is 1. The lowest BCUT2D eigenvalue weighted by molar-refractivity contribution is 0.202. The molecule has 1 aromatic heterocycles. The molecule has 0 aliphatic carbocycles. The van der Waals surface area contributed by atoms with Gasteiger partial charge in [-0.2, -0.15) is 9.64 Å². The van der Waals surface area contributed by atoms with E-state index in [1.165, 1.54) is 17.1 Å². The molecule has 4 nitrogen and oxygen atoms in total. The Balaban J connectivity index is 2.25. The Hall–Kier alpha value is -1.90. The fourth-order valence-electron chi connectivity index (χ4n) is 1.78. The molecule has 5 heteroatoms. The maximum absolute atomic E-state index is 9.13. The molecule has 0 bridgehead atoms. The average Bonchev–Trinajstić information content (AvgIpc) is 2.78. The third-order valence-corrected chi connectivity index (χ3v) is 3.67. The third-order valence-electron chi connectivity index (χ3n) is 2.82. The predicted molar refractivity (Wildman–Crippen MR) is 76.9 cm³/mol. The third kappa shape index (κ3) is 3.11. The van der Waals surface area contributed by atoms with Crippen LogP contribution in [0.1, 0.15) is 16.8 Å². The Morgan fingerprint density at radius 3 is 2.95 bits per heavy atom. The molecule has 0 atom stereocenters. The number of nitrogens with one attached hydrogen (secondary N) is 1. The van der Waals surface area contributed by atoms with E-state index in [4.69, 9.17) is 10.00 Å². The second-order valence-electron chi connectivity index (χ2n) is 4.11. The largest absolute Gasteiger partial charge is 0.384 e. The van der Waals surface area contributed by atoms with E-state index in [-0.39, 0.29) is 0 Å². The molecule has 0 aliphatic rings. The van der Waals surface area contributed by atoms with Gasteiger partial charge >= 0.3 is 0 Å². The van der Waals surface area contributed by atoms with Crippen LogP contribution in [0.15, 0.2) is 24.3 Å². The lowest BCUT2D eigenvalue weighted by Gasteiger charge is -2.10. The van der Waals surface area contributed by atoms with Crippen molar-refractivity contribution in [3.05, 3.63) is 41.1 Å². The number of aryl methyl sites for hydroxylation is 1. The second kappa shape index (κ2) is 6.32. The van der Waals surface area contributed by atoms with Gasteiger partial charge in [0.25, 0.3) is 0 Å². The Labute approximate surface area is 116 Å². The summed E-state index contributed by atoms with van der Waals surface area (Å²) in [5.74, 6) is 0. The van der Waals surface area contributed by atoms with Crippen LogP contribution < -0.4 is 5.32 Å². The van der Waals surface area contributed by atoms with Crippen molar-refractivity contribution in [2.24, 2.45) is 0 Å². The first-order chi connectivity index (χ1) is 9.26. The molecule has 2 aromatic rings. The van der Waals surface area contributed by atoms with Crippen molar-refractivity contribution in [1.29, 1.82) is 5.26 Å². The molecule has 0 amide bonds. The van der Waals surface area contributed by atoms with Gasteiger partial charge in [-0.15, -0.1) is 0 Å². The molecule has 98 valence electrons. The van der Waals surface area contributed by atoms with Crippen LogP contribution in [0.2, 0.25) is 0 Å². The van der Waals surface area contributed by atoms with Crippen LogP contribution in [0, 0.1) is 18.3 Å². The molecule has 2 rings (SSSR count). The second-order valence-corrected chi connectivity index (χ2v) is 4.88. The van der Waals surface area contributed by atoms with Crippen LogP contribution in [0.3, 0.4) is 0 Å². The number of benzene rings is 1. The van der Waals surface area contributed by atoms with Gasteiger partial charge in [0.1, 0.15) is 16.6 Å². The number of rotatable bonds is 5. The molecule has 0 radical (unpaired) electrons. The van der Waals surface area contributed by atoms with E-state index in [1.807, 2.05) is 25.1 Å². The molecule has 0 unspecified atom stereocenters. The summed E-state index contributed by atoms with van der Waals surface area (Å²) in [5.41, 5.74) is 3.55. The van der Waals surface area contributed by atoms with E-state index >= 15 is 0 Å². The Kier molecular flexibility index (Phi) is 4.50. The number of hydrogen-bond acceptors (Lipinski definition) is 5. The smallest absolute Gasteiger partial charge is 0.132 e. The predicted octanol–water partition coefficient (Wildman–Crippen LogP) is 3.26. The van der Waals surface area contributed by atoms with E-state index in [0.29, 0.717) is 12.2 Å². The van der Waals surface area contributed by atoms with Crippen molar-refractivity contribution in [2.45, 2.75) is 13.3 Å². The zero-order chi connectivity index (χ0) is 13.7. The van der Waals surface area contributed by atoms with Gasteiger partial charge in [-0.05, 0) is 36.5 Å². The van der Waals surface area contributed by atoms with Crippen LogP contribution in [-0.4, -0.2) is 18.1 Å². The maximum atomic E-state index is 9.13. The van der Waals surface area contributed by atoms with Crippen LogP contribution in [0.4, 0.5) is 10.7 Å².